The maximum Gasteiger partial charge on any atom is 0.260 e. The number of likely N-dealkylation sites (N-methyl/N-ethyl adjacent to an activating group) is 1. The minimum absolute atomic E-state index is 0.265. The molecule has 2 unspecified atom stereocenters. The molecule has 5 heteroatoms. The van der Waals surface area contributed by atoms with Gasteiger partial charge in [0.15, 0.2) is 6.10 Å². The number of amides is 1. The van der Waals surface area contributed by atoms with Gasteiger partial charge in [-0.25, -0.2) is 0 Å². The van der Waals surface area contributed by atoms with Crippen molar-refractivity contribution < 1.29 is 19.4 Å². The van der Waals surface area contributed by atoms with E-state index in [1.165, 1.54) is 11.1 Å². The molecule has 0 bridgehead atoms. The molecule has 27 heavy (non-hydrogen) atoms. The molecular formula is C22H25NO4. The van der Waals surface area contributed by atoms with Gasteiger partial charge in [0.2, 0.25) is 0 Å². The first kappa shape index (κ1) is 17.9. The SMILES string of the molecule is CCN1C(=O)C(O)c2c(OC)ccc(C3CCc4cc(OC)ccc4C3)c21. The summed E-state index contributed by atoms with van der Waals surface area (Å²) in [6.45, 7) is 2.47. The van der Waals surface area contributed by atoms with Gasteiger partial charge in [-0.2, -0.15) is 0 Å². The molecule has 2 aromatic carbocycles. The number of carbonyl (C=O) groups excluding carboxylic acids is 1. The van der Waals surface area contributed by atoms with Gasteiger partial charge in [-0.1, -0.05) is 12.1 Å². The smallest absolute Gasteiger partial charge is 0.260 e. The van der Waals surface area contributed by atoms with Gasteiger partial charge in [0.25, 0.3) is 5.91 Å². The van der Waals surface area contributed by atoms with E-state index >= 15 is 0 Å². The third-order valence-corrected chi connectivity index (χ3v) is 5.87. The van der Waals surface area contributed by atoms with Crippen LogP contribution in [0.15, 0.2) is 30.3 Å². The summed E-state index contributed by atoms with van der Waals surface area (Å²) in [5.74, 6) is 1.51. The molecule has 0 radical (unpaired) electrons. The molecule has 0 spiro atoms. The molecule has 2 aliphatic rings. The lowest BCUT2D eigenvalue weighted by atomic mass is 9.79. The van der Waals surface area contributed by atoms with Crippen LogP contribution in [0.1, 0.15) is 47.6 Å². The second-order valence-electron chi connectivity index (χ2n) is 7.18. The zero-order valence-electron chi connectivity index (χ0n) is 16.0. The van der Waals surface area contributed by atoms with Gasteiger partial charge in [0, 0.05) is 6.54 Å². The molecule has 1 amide bonds. The first-order valence-electron chi connectivity index (χ1n) is 9.45. The Morgan fingerprint density at radius 3 is 2.67 bits per heavy atom. The molecule has 1 heterocycles. The highest BCUT2D eigenvalue weighted by Gasteiger charge is 2.41. The number of ether oxygens (including phenoxy) is 2. The van der Waals surface area contributed by atoms with Crippen LogP contribution in [0.25, 0.3) is 0 Å². The Morgan fingerprint density at radius 2 is 1.96 bits per heavy atom. The van der Waals surface area contributed by atoms with E-state index in [0.29, 0.717) is 23.8 Å². The van der Waals surface area contributed by atoms with Crippen LogP contribution in [-0.4, -0.2) is 31.8 Å². The van der Waals surface area contributed by atoms with Crippen molar-refractivity contribution in [2.45, 2.75) is 38.2 Å². The first-order chi connectivity index (χ1) is 13.1. The predicted octanol–water partition coefficient (Wildman–Crippen LogP) is 3.38. The normalized spacial score (nSPS) is 21.0. The Kier molecular flexibility index (Phi) is 4.56. The summed E-state index contributed by atoms with van der Waals surface area (Å²) in [4.78, 5) is 14.3. The molecule has 0 fully saturated rings. The number of aryl methyl sites for hydroxylation is 1. The van der Waals surface area contributed by atoms with Gasteiger partial charge in [-0.15, -0.1) is 0 Å². The zero-order valence-corrected chi connectivity index (χ0v) is 16.0. The molecule has 1 aliphatic heterocycles. The molecule has 5 nitrogen and oxygen atoms in total. The van der Waals surface area contributed by atoms with Crippen molar-refractivity contribution in [3.05, 3.63) is 52.6 Å². The Hall–Kier alpha value is -2.53. The summed E-state index contributed by atoms with van der Waals surface area (Å²) in [7, 11) is 3.26. The van der Waals surface area contributed by atoms with Crippen LogP contribution in [-0.2, 0) is 17.6 Å². The van der Waals surface area contributed by atoms with Gasteiger partial charge in [0.1, 0.15) is 11.5 Å². The van der Waals surface area contributed by atoms with Crippen molar-refractivity contribution in [1.82, 2.24) is 0 Å². The molecular weight excluding hydrogens is 342 g/mol. The number of fused-ring (bicyclic) bond motifs is 2. The fourth-order valence-electron chi connectivity index (χ4n) is 4.50. The van der Waals surface area contributed by atoms with E-state index < -0.39 is 6.10 Å². The topological polar surface area (TPSA) is 59.0 Å². The standard InChI is InChI=1S/C22H25NO4/c1-4-23-20-17(9-10-18(27-3)19(20)21(24)22(23)25)15-6-5-14-12-16(26-2)8-7-13(14)11-15/h7-10,12,15,21,24H,4-6,11H2,1-3H3. The average Bonchev–Trinajstić information content (AvgIpc) is 2.97. The fourth-order valence-corrected chi connectivity index (χ4v) is 4.50. The third-order valence-electron chi connectivity index (χ3n) is 5.87. The molecule has 1 N–H and O–H groups in total. The highest BCUT2D eigenvalue weighted by molar-refractivity contribution is 6.05. The molecule has 0 saturated heterocycles. The molecule has 0 saturated carbocycles. The predicted molar refractivity (Wildman–Crippen MR) is 104 cm³/mol. The second-order valence-corrected chi connectivity index (χ2v) is 7.18. The quantitative estimate of drug-likeness (QED) is 0.900. The van der Waals surface area contributed by atoms with Crippen LogP contribution >= 0.6 is 0 Å². The number of hydrogen-bond acceptors (Lipinski definition) is 4. The minimum Gasteiger partial charge on any atom is -0.497 e. The zero-order chi connectivity index (χ0) is 19.1. The first-order valence-corrected chi connectivity index (χ1v) is 9.45. The highest BCUT2D eigenvalue weighted by Crippen LogP contribution is 2.48. The van der Waals surface area contributed by atoms with Crippen molar-refractivity contribution in [3.63, 3.8) is 0 Å². The van der Waals surface area contributed by atoms with Gasteiger partial charge in [-0.3, -0.25) is 4.79 Å². The number of rotatable bonds is 4. The Morgan fingerprint density at radius 1 is 1.15 bits per heavy atom. The molecule has 1 aliphatic carbocycles. The summed E-state index contributed by atoms with van der Waals surface area (Å²) < 4.78 is 10.8. The summed E-state index contributed by atoms with van der Waals surface area (Å²) in [6.07, 6.45) is 1.75. The van der Waals surface area contributed by atoms with Crippen molar-refractivity contribution in [2.75, 3.05) is 25.7 Å². The van der Waals surface area contributed by atoms with E-state index in [-0.39, 0.29) is 5.91 Å². The minimum atomic E-state index is -1.14. The largest absolute Gasteiger partial charge is 0.497 e. The summed E-state index contributed by atoms with van der Waals surface area (Å²) in [6, 6.07) is 10.2. The van der Waals surface area contributed by atoms with E-state index in [4.69, 9.17) is 9.47 Å². The fraction of sp³-hybridized carbons (Fsp3) is 0.409. The monoisotopic (exact) mass is 367 g/mol. The number of aliphatic hydroxyl groups excluding tert-OH is 1. The lowest BCUT2D eigenvalue weighted by Crippen LogP contribution is -2.29. The summed E-state index contributed by atoms with van der Waals surface area (Å²) in [5.41, 5.74) is 5.24. The van der Waals surface area contributed by atoms with Crippen LogP contribution < -0.4 is 14.4 Å². The van der Waals surface area contributed by atoms with E-state index in [0.717, 1.165) is 36.3 Å². The van der Waals surface area contributed by atoms with Crippen molar-refractivity contribution in [3.8, 4) is 11.5 Å². The summed E-state index contributed by atoms with van der Waals surface area (Å²) in [5, 5.41) is 10.5. The number of hydrogen-bond donors (Lipinski definition) is 1. The Labute approximate surface area is 159 Å². The number of carbonyl (C=O) groups is 1. The number of benzene rings is 2. The molecule has 2 aromatic rings. The van der Waals surface area contributed by atoms with E-state index in [1.54, 1.807) is 19.1 Å². The average molecular weight is 367 g/mol. The van der Waals surface area contributed by atoms with Gasteiger partial charge in [0.05, 0.1) is 25.5 Å². The highest BCUT2D eigenvalue weighted by atomic mass is 16.5. The maximum absolute atomic E-state index is 12.6. The van der Waals surface area contributed by atoms with E-state index in [2.05, 4.69) is 18.2 Å². The van der Waals surface area contributed by atoms with Crippen LogP contribution in [0.4, 0.5) is 5.69 Å². The van der Waals surface area contributed by atoms with Gasteiger partial charge >= 0.3 is 0 Å². The number of nitrogens with zero attached hydrogens (tertiary/aromatic N) is 1. The molecule has 4 rings (SSSR count). The van der Waals surface area contributed by atoms with Gasteiger partial charge < -0.3 is 19.5 Å². The number of methoxy groups -OCH3 is 2. The van der Waals surface area contributed by atoms with E-state index in [9.17, 15) is 9.90 Å². The van der Waals surface area contributed by atoms with Crippen LogP contribution in [0.3, 0.4) is 0 Å². The summed E-state index contributed by atoms with van der Waals surface area (Å²) >= 11 is 0. The van der Waals surface area contributed by atoms with Crippen LogP contribution in [0.2, 0.25) is 0 Å². The third kappa shape index (κ3) is 2.77. The van der Waals surface area contributed by atoms with Crippen molar-refractivity contribution >= 4 is 11.6 Å². The van der Waals surface area contributed by atoms with Crippen molar-refractivity contribution in [2.24, 2.45) is 0 Å². The van der Waals surface area contributed by atoms with Crippen molar-refractivity contribution in [1.29, 1.82) is 0 Å². The Bertz CT molecular complexity index is 892. The molecule has 0 aromatic heterocycles. The maximum atomic E-state index is 12.6. The lowest BCUT2D eigenvalue weighted by Gasteiger charge is -2.29. The lowest BCUT2D eigenvalue weighted by molar-refractivity contribution is -0.125. The Balaban J connectivity index is 1.76. The number of anilines is 1. The van der Waals surface area contributed by atoms with Crippen LogP contribution in [0.5, 0.6) is 11.5 Å². The second kappa shape index (κ2) is 6.89. The number of aliphatic hydroxyl groups is 1. The van der Waals surface area contributed by atoms with Crippen LogP contribution in [0, 0.1) is 0 Å². The molecule has 142 valence electrons. The van der Waals surface area contributed by atoms with E-state index in [1.807, 2.05) is 19.1 Å². The van der Waals surface area contributed by atoms with Gasteiger partial charge in [-0.05, 0) is 67.0 Å². The molecule has 2 atom stereocenters.